The van der Waals surface area contributed by atoms with Crippen LogP contribution in [0.2, 0.25) is 0 Å². The number of nitrogens with two attached hydrogens (primary N) is 1. The monoisotopic (exact) mass is 465 g/mol. The Kier molecular flexibility index (Phi) is 6.05. The van der Waals surface area contributed by atoms with Gasteiger partial charge < -0.3 is 20.5 Å². The quantitative estimate of drug-likeness (QED) is 0.427. The molecule has 4 rings (SSSR count). The van der Waals surface area contributed by atoms with E-state index in [2.05, 4.69) is 15.4 Å². The molecule has 0 saturated carbocycles. The third-order valence-corrected chi connectivity index (χ3v) is 5.59. The molecule has 33 heavy (non-hydrogen) atoms. The van der Waals surface area contributed by atoms with Crippen molar-refractivity contribution in [2.75, 3.05) is 19.5 Å². The smallest absolute Gasteiger partial charge is 0.275 e. The first-order chi connectivity index (χ1) is 15.9. The fourth-order valence-electron chi connectivity index (χ4n) is 3.28. The molecule has 0 unspecified atom stereocenters. The van der Waals surface area contributed by atoms with E-state index in [1.807, 2.05) is 6.07 Å². The molecule has 11 heteroatoms. The van der Waals surface area contributed by atoms with Crippen LogP contribution in [0.3, 0.4) is 0 Å². The van der Waals surface area contributed by atoms with Crippen LogP contribution < -0.4 is 26.1 Å². The van der Waals surface area contributed by atoms with Crippen LogP contribution in [-0.2, 0) is 11.3 Å². The molecule has 0 aliphatic rings. The molecule has 2 heterocycles. The predicted octanol–water partition coefficient (Wildman–Crippen LogP) is 2.27. The lowest BCUT2D eigenvalue weighted by Crippen LogP contribution is -2.32. The van der Waals surface area contributed by atoms with Crippen molar-refractivity contribution in [1.29, 1.82) is 0 Å². The normalized spacial score (nSPS) is 10.7. The minimum atomic E-state index is -0.793. The Morgan fingerprint density at radius 1 is 1.12 bits per heavy atom. The van der Waals surface area contributed by atoms with Crippen molar-refractivity contribution >= 4 is 39.1 Å². The summed E-state index contributed by atoms with van der Waals surface area (Å²) in [5.74, 6) is -0.109. The van der Waals surface area contributed by atoms with E-state index in [0.717, 1.165) is 10.2 Å². The van der Waals surface area contributed by atoms with Gasteiger partial charge in [0.15, 0.2) is 10.8 Å². The number of primary amides is 1. The van der Waals surface area contributed by atoms with E-state index in [-0.39, 0.29) is 11.1 Å². The van der Waals surface area contributed by atoms with Crippen LogP contribution in [0.4, 0.5) is 5.13 Å². The lowest BCUT2D eigenvalue weighted by Gasteiger charge is -2.09. The van der Waals surface area contributed by atoms with Crippen LogP contribution in [-0.4, -0.2) is 40.8 Å². The fraction of sp³-hybridized carbons (Fsp3) is 0.136. The second-order valence-corrected chi connectivity index (χ2v) is 7.73. The van der Waals surface area contributed by atoms with Crippen molar-refractivity contribution in [3.63, 3.8) is 0 Å². The lowest BCUT2D eigenvalue weighted by atomic mass is 10.1. The lowest BCUT2D eigenvalue weighted by molar-refractivity contribution is -0.117. The van der Waals surface area contributed by atoms with Gasteiger partial charge in [-0.3, -0.25) is 14.4 Å². The number of benzene rings is 2. The van der Waals surface area contributed by atoms with Gasteiger partial charge in [0.25, 0.3) is 11.5 Å². The molecule has 3 N–H and O–H groups in total. The van der Waals surface area contributed by atoms with E-state index in [1.165, 1.54) is 11.3 Å². The average Bonchev–Trinajstić information content (AvgIpc) is 3.28. The summed E-state index contributed by atoms with van der Waals surface area (Å²) in [6.45, 7) is -0.412. The molecule has 0 atom stereocenters. The number of rotatable bonds is 7. The maximum absolute atomic E-state index is 12.7. The van der Waals surface area contributed by atoms with Crippen molar-refractivity contribution in [3.8, 4) is 22.8 Å². The summed E-state index contributed by atoms with van der Waals surface area (Å²) in [7, 11) is 3.11. The van der Waals surface area contributed by atoms with Crippen LogP contribution in [0.25, 0.3) is 22.0 Å². The summed E-state index contributed by atoms with van der Waals surface area (Å²) in [5.41, 5.74) is 6.15. The van der Waals surface area contributed by atoms with Crippen molar-refractivity contribution < 1.29 is 19.1 Å². The number of amides is 2. The third-order valence-electron chi connectivity index (χ3n) is 4.83. The zero-order chi connectivity index (χ0) is 23.5. The largest absolute Gasteiger partial charge is 0.497 e. The predicted molar refractivity (Wildman–Crippen MR) is 124 cm³/mol. The summed E-state index contributed by atoms with van der Waals surface area (Å²) in [6, 6.07) is 11.8. The maximum atomic E-state index is 12.7. The number of aromatic nitrogens is 3. The minimum Gasteiger partial charge on any atom is -0.497 e. The molecule has 0 bridgehead atoms. The van der Waals surface area contributed by atoms with Crippen LogP contribution >= 0.6 is 11.3 Å². The van der Waals surface area contributed by atoms with Crippen molar-refractivity contribution in [3.05, 3.63) is 63.9 Å². The van der Waals surface area contributed by atoms with Gasteiger partial charge in [-0.2, -0.15) is 5.10 Å². The van der Waals surface area contributed by atoms with E-state index >= 15 is 0 Å². The summed E-state index contributed by atoms with van der Waals surface area (Å²) in [5, 5.41) is 9.33. The van der Waals surface area contributed by atoms with Gasteiger partial charge in [0.2, 0.25) is 5.91 Å². The van der Waals surface area contributed by atoms with Crippen molar-refractivity contribution in [1.82, 2.24) is 14.8 Å². The molecule has 0 aliphatic heterocycles. The van der Waals surface area contributed by atoms with Gasteiger partial charge in [-0.05, 0) is 18.2 Å². The molecule has 2 aromatic carbocycles. The number of methoxy groups -OCH3 is 2. The van der Waals surface area contributed by atoms with E-state index in [9.17, 15) is 14.4 Å². The van der Waals surface area contributed by atoms with Gasteiger partial charge in [-0.15, -0.1) is 11.3 Å². The average molecular weight is 465 g/mol. The molecule has 0 saturated heterocycles. The van der Waals surface area contributed by atoms with E-state index in [1.54, 1.807) is 56.0 Å². The Hall–Kier alpha value is -4.25. The van der Waals surface area contributed by atoms with Crippen molar-refractivity contribution in [2.24, 2.45) is 5.73 Å². The van der Waals surface area contributed by atoms with Gasteiger partial charge in [0.1, 0.15) is 18.0 Å². The number of carbonyl (C=O) groups excluding carboxylic acids is 2. The molecule has 168 valence electrons. The molecule has 0 spiro atoms. The summed E-state index contributed by atoms with van der Waals surface area (Å²) < 4.78 is 11.5. The highest BCUT2D eigenvalue weighted by molar-refractivity contribution is 7.14. The SMILES string of the molecule is COc1ccc(-c2csc(NC(=O)Cn3nc(C(N)=O)c4ccccc4c3=O)n2)c(OC)c1. The highest BCUT2D eigenvalue weighted by Gasteiger charge is 2.17. The number of nitrogens with zero attached hydrogens (tertiary/aromatic N) is 3. The Bertz CT molecular complexity index is 1430. The number of ether oxygens (including phenoxy) is 2. The number of nitrogens with one attached hydrogen (secondary N) is 1. The summed E-state index contributed by atoms with van der Waals surface area (Å²) in [4.78, 5) is 41.6. The van der Waals surface area contributed by atoms with Gasteiger partial charge >= 0.3 is 0 Å². The van der Waals surface area contributed by atoms with Crippen molar-refractivity contribution in [2.45, 2.75) is 6.54 Å². The highest BCUT2D eigenvalue weighted by atomic mass is 32.1. The minimum absolute atomic E-state index is 0.0823. The first-order valence-corrected chi connectivity index (χ1v) is 10.6. The van der Waals surface area contributed by atoms with E-state index in [0.29, 0.717) is 27.7 Å². The zero-order valence-electron chi connectivity index (χ0n) is 17.7. The molecule has 0 fully saturated rings. The molecular formula is C22H19N5O5S. The van der Waals surface area contributed by atoms with Gasteiger partial charge in [-0.1, -0.05) is 18.2 Å². The second kappa shape index (κ2) is 9.09. The van der Waals surface area contributed by atoms with E-state index in [4.69, 9.17) is 15.2 Å². The molecular weight excluding hydrogens is 446 g/mol. The van der Waals surface area contributed by atoms with Gasteiger partial charge in [0.05, 0.1) is 25.3 Å². The molecule has 0 radical (unpaired) electrons. The topological polar surface area (TPSA) is 138 Å². The first kappa shape index (κ1) is 22.0. The summed E-state index contributed by atoms with van der Waals surface area (Å²) >= 11 is 1.22. The van der Waals surface area contributed by atoms with Crippen LogP contribution in [0, 0.1) is 0 Å². The molecule has 4 aromatic rings. The Morgan fingerprint density at radius 2 is 1.88 bits per heavy atom. The Morgan fingerprint density at radius 3 is 2.58 bits per heavy atom. The van der Waals surface area contributed by atoms with Crippen LogP contribution in [0.5, 0.6) is 11.5 Å². The number of thiazole rings is 1. The molecule has 10 nitrogen and oxygen atoms in total. The molecule has 2 aromatic heterocycles. The third kappa shape index (κ3) is 4.39. The first-order valence-electron chi connectivity index (χ1n) is 9.68. The van der Waals surface area contributed by atoms with Crippen LogP contribution in [0.15, 0.2) is 52.6 Å². The maximum Gasteiger partial charge on any atom is 0.275 e. The zero-order valence-corrected chi connectivity index (χ0v) is 18.5. The number of hydrogen-bond donors (Lipinski definition) is 2. The number of fused-ring (bicyclic) bond motifs is 1. The van der Waals surface area contributed by atoms with Gasteiger partial charge in [-0.25, -0.2) is 9.67 Å². The van der Waals surface area contributed by atoms with Gasteiger partial charge in [0, 0.05) is 22.4 Å². The molecule has 0 aliphatic carbocycles. The Labute approximate surface area is 191 Å². The van der Waals surface area contributed by atoms with Crippen LogP contribution in [0.1, 0.15) is 10.5 Å². The second-order valence-electron chi connectivity index (χ2n) is 6.87. The number of anilines is 1. The standard InChI is InChI=1S/C22H19N5O5S/c1-31-12-7-8-15(17(9-12)32-2)16-11-33-22(24-16)25-18(28)10-27-21(30)14-6-4-3-5-13(14)19(26-27)20(23)29/h3-9,11H,10H2,1-2H3,(H2,23,29)(H,24,25,28). The molecule has 2 amide bonds. The summed E-state index contributed by atoms with van der Waals surface area (Å²) in [6.07, 6.45) is 0. The Balaban J connectivity index is 1.57. The fourth-order valence-corrected chi connectivity index (χ4v) is 4.01. The van der Waals surface area contributed by atoms with E-state index < -0.39 is 23.9 Å². The highest BCUT2D eigenvalue weighted by Crippen LogP contribution is 2.34. The number of hydrogen-bond acceptors (Lipinski definition) is 8. The number of carbonyl (C=O) groups is 2.